The maximum absolute atomic E-state index is 10.6. The molecule has 0 aromatic heterocycles. The highest BCUT2D eigenvalue weighted by Crippen LogP contribution is 2.14. The van der Waals surface area contributed by atoms with E-state index in [0.29, 0.717) is 6.61 Å². The number of rotatable bonds is 6. The molecule has 0 saturated carbocycles. The third-order valence-corrected chi connectivity index (χ3v) is 2.69. The molecule has 2 aromatic carbocycles. The molecule has 0 radical (unpaired) electrons. The lowest BCUT2D eigenvalue weighted by Crippen LogP contribution is -1.94. The Hall–Kier alpha value is -2.62. The van der Waals surface area contributed by atoms with Crippen molar-refractivity contribution in [3.8, 4) is 5.75 Å². The first kappa shape index (κ1) is 13.8. The third kappa shape index (κ3) is 4.24. The van der Waals surface area contributed by atoms with Gasteiger partial charge in [-0.1, -0.05) is 42.5 Å². The van der Waals surface area contributed by atoms with E-state index < -0.39 is 4.92 Å². The fourth-order valence-electron chi connectivity index (χ4n) is 1.72. The Morgan fingerprint density at radius 1 is 1.10 bits per heavy atom. The predicted molar refractivity (Wildman–Crippen MR) is 78.7 cm³/mol. The Morgan fingerprint density at radius 3 is 2.65 bits per heavy atom. The van der Waals surface area contributed by atoms with Crippen LogP contribution in [0.3, 0.4) is 0 Å². The van der Waals surface area contributed by atoms with E-state index >= 15 is 0 Å². The molecule has 2 rings (SSSR count). The predicted octanol–water partition coefficient (Wildman–Crippen LogP) is 4.08. The monoisotopic (exact) mass is 269 g/mol. The van der Waals surface area contributed by atoms with Gasteiger partial charge in [-0.3, -0.25) is 10.1 Å². The first-order chi connectivity index (χ1) is 9.75. The molecule has 0 atom stereocenters. The van der Waals surface area contributed by atoms with Crippen molar-refractivity contribution in [2.45, 2.75) is 6.42 Å². The molecule has 0 unspecified atom stereocenters. The molecular formula is C16H15NO3. The van der Waals surface area contributed by atoms with Gasteiger partial charge in [-0.15, -0.1) is 0 Å². The minimum atomic E-state index is -0.393. The van der Waals surface area contributed by atoms with Gasteiger partial charge >= 0.3 is 0 Å². The van der Waals surface area contributed by atoms with Crippen LogP contribution in [0.5, 0.6) is 5.75 Å². The van der Waals surface area contributed by atoms with Gasteiger partial charge in [0.2, 0.25) is 0 Å². The van der Waals surface area contributed by atoms with Crippen molar-refractivity contribution < 1.29 is 9.66 Å². The molecule has 102 valence electrons. The summed E-state index contributed by atoms with van der Waals surface area (Å²) in [4.78, 5) is 10.3. The molecule has 0 fully saturated rings. The van der Waals surface area contributed by atoms with Gasteiger partial charge in [0.25, 0.3) is 5.69 Å². The Labute approximate surface area is 117 Å². The van der Waals surface area contributed by atoms with E-state index in [1.54, 1.807) is 12.1 Å². The molecule has 4 nitrogen and oxygen atoms in total. The number of ether oxygens (including phenoxy) is 1. The van der Waals surface area contributed by atoms with Gasteiger partial charge in [0.1, 0.15) is 5.75 Å². The molecule has 0 aliphatic carbocycles. The van der Waals surface area contributed by atoms with E-state index in [2.05, 4.69) is 0 Å². The van der Waals surface area contributed by atoms with Gasteiger partial charge < -0.3 is 4.74 Å². The van der Waals surface area contributed by atoms with Crippen molar-refractivity contribution in [1.82, 2.24) is 0 Å². The number of non-ortho nitro benzene ring substituents is 1. The summed E-state index contributed by atoms with van der Waals surface area (Å²) in [5, 5.41) is 10.6. The summed E-state index contributed by atoms with van der Waals surface area (Å²) in [5.74, 6) is 0.844. The third-order valence-electron chi connectivity index (χ3n) is 2.69. The molecule has 0 aliphatic heterocycles. The Balaban J connectivity index is 1.82. The first-order valence-electron chi connectivity index (χ1n) is 6.34. The summed E-state index contributed by atoms with van der Waals surface area (Å²) in [7, 11) is 0. The molecular weight excluding hydrogens is 254 g/mol. The zero-order chi connectivity index (χ0) is 14.2. The fraction of sp³-hybridized carbons (Fsp3) is 0.125. The number of nitro groups is 1. The second-order valence-corrected chi connectivity index (χ2v) is 4.20. The van der Waals surface area contributed by atoms with Crippen LogP contribution >= 0.6 is 0 Å². The lowest BCUT2D eigenvalue weighted by Gasteiger charge is -2.02. The lowest BCUT2D eigenvalue weighted by molar-refractivity contribution is -0.384. The first-order valence-corrected chi connectivity index (χ1v) is 6.34. The minimum Gasteiger partial charge on any atom is -0.493 e. The highest BCUT2D eigenvalue weighted by atomic mass is 16.6. The number of nitro benzene ring substituents is 1. The highest BCUT2D eigenvalue weighted by Gasteiger charge is 2.03. The van der Waals surface area contributed by atoms with Gasteiger partial charge in [-0.2, -0.15) is 0 Å². The Morgan fingerprint density at radius 2 is 1.90 bits per heavy atom. The number of benzene rings is 2. The van der Waals surface area contributed by atoms with Crippen LogP contribution in [0.1, 0.15) is 12.0 Å². The number of para-hydroxylation sites is 1. The summed E-state index contributed by atoms with van der Waals surface area (Å²) in [6.07, 6.45) is 4.56. The molecule has 0 spiro atoms. The number of hydrogen-bond donors (Lipinski definition) is 0. The van der Waals surface area contributed by atoms with Gasteiger partial charge in [0, 0.05) is 12.1 Å². The van der Waals surface area contributed by atoms with Crippen molar-refractivity contribution >= 4 is 11.8 Å². The van der Waals surface area contributed by atoms with Crippen molar-refractivity contribution in [1.29, 1.82) is 0 Å². The highest BCUT2D eigenvalue weighted by molar-refractivity contribution is 5.53. The maximum atomic E-state index is 10.6. The van der Waals surface area contributed by atoms with E-state index in [1.807, 2.05) is 48.6 Å². The standard InChI is InChI=1S/C16H15NO3/c18-17(19)15-9-6-8-14(13-15)7-4-5-12-20-16-10-2-1-3-11-16/h1-4,6-11,13H,5,12H2/b7-4+. The van der Waals surface area contributed by atoms with E-state index in [-0.39, 0.29) is 5.69 Å². The molecule has 0 N–H and O–H groups in total. The van der Waals surface area contributed by atoms with Crippen LogP contribution in [0, 0.1) is 10.1 Å². The number of hydrogen-bond acceptors (Lipinski definition) is 3. The summed E-state index contributed by atoms with van der Waals surface area (Å²) >= 11 is 0. The average Bonchev–Trinajstić information content (AvgIpc) is 2.48. The van der Waals surface area contributed by atoms with Gasteiger partial charge in [0.05, 0.1) is 11.5 Å². The molecule has 0 saturated heterocycles. The Kier molecular flexibility index (Phi) is 4.89. The minimum absolute atomic E-state index is 0.104. The van der Waals surface area contributed by atoms with Crippen molar-refractivity contribution in [3.63, 3.8) is 0 Å². The summed E-state index contributed by atoms with van der Waals surface area (Å²) < 4.78 is 5.55. The van der Waals surface area contributed by atoms with Crippen molar-refractivity contribution in [3.05, 3.63) is 76.4 Å². The molecule has 2 aromatic rings. The van der Waals surface area contributed by atoms with E-state index in [9.17, 15) is 10.1 Å². The molecule has 4 heteroatoms. The molecule has 0 amide bonds. The normalized spacial score (nSPS) is 10.6. The average molecular weight is 269 g/mol. The second kappa shape index (κ2) is 7.09. The van der Waals surface area contributed by atoms with Crippen LogP contribution in [-0.4, -0.2) is 11.5 Å². The zero-order valence-electron chi connectivity index (χ0n) is 10.9. The largest absolute Gasteiger partial charge is 0.493 e. The van der Waals surface area contributed by atoms with Crippen LogP contribution in [0.2, 0.25) is 0 Å². The fourth-order valence-corrected chi connectivity index (χ4v) is 1.72. The van der Waals surface area contributed by atoms with Crippen LogP contribution in [0.15, 0.2) is 60.7 Å². The van der Waals surface area contributed by atoms with E-state index in [0.717, 1.165) is 17.7 Å². The summed E-state index contributed by atoms with van der Waals surface area (Å²) in [5.41, 5.74) is 0.923. The van der Waals surface area contributed by atoms with Crippen molar-refractivity contribution in [2.24, 2.45) is 0 Å². The summed E-state index contributed by atoms with van der Waals surface area (Å²) in [6.45, 7) is 0.579. The maximum Gasteiger partial charge on any atom is 0.270 e. The molecule has 20 heavy (non-hydrogen) atoms. The topological polar surface area (TPSA) is 52.4 Å². The lowest BCUT2D eigenvalue weighted by atomic mass is 10.2. The van der Waals surface area contributed by atoms with Gasteiger partial charge in [-0.25, -0.2) is 0 Å². The zero-order valence-corrected chi connectivity index (χ0v) is 10.9. The van der Waals surface area contributed by atoms with Crippen LogP contribution in [-0.2, 0) is 0 Å². The molecule has 0 bridgehead atoms. The summed E-state index contributed by atoms with van der Waals surface area (Å²) in [6, 6.07) is 16.1. The number of nitrogens with zero attached hydrogens (tertiary/aromatic N) is 1. The van der Waals surface area contributed by atoms with Gasteiger partial charge in [-0.05, 0) is 24.1 Å². The quantitative estimate of drug-likeness (QED) is 0.451. The smallest absolute Gasteiger partial charge is 0.270 e. The molecule has 0 heterocycles. The Bertz CT molecular complexity index is 594. The van der Waals surface area contributed by atoms with E-state index in [4.69, 9.17) is 4.74 Å². The van der Waals surface area contributed by atoms with E-state index in [1.165, 1.54) is 6.07 Å². The van der Waals surface area contributed by atoms with Gasteiger partial charge in [0.15, 0.2) is 0 Å². The molecule has 0 aliphatic rings. The van der Waals surface area contributed by atoms with Crippen LogP contribution < -0.4 is 4.74 Å². The second-order valence-electron chi connectivity index (χ2n) is 4.20. The SMILES string of the molecule is O=[N+]([O-])c1cccc(/C=C/CCOc2ccccc2)c1. The van der Waals surface area contributed by atoms with Crippen LogP contribution in [0.4, 0.5) is 5.69 Å². The van der Waals surface area contributed by atoms with Crippen molar-refractivity contribution in [2.75, 3.05) is 6.61 Å². The van der Waals surface area contributed by atoms with Crippen LogP contribution in [0.25, 0.3) is 6.08 Å².